The topological polar surface area (TPSA) is 18.5 Å². The molecule has 0 heterocycles. The van der Waals surface area contributed by atoms with E-state index in [1.54, 1.807) is 0 Å². The highest BCUT2D eigenvalue weighted by atomic mass is 28.4. The average molecular weight is 244 g/mol. The fraction of sp³-hybridized carbons (Fsp3) is 0.846. The van der Waals surface area contributed by atoms with E-state index >= 15 is 0 Å². The molecule has 0 aromatic heterocycles. The Morgan fingerprint density at radius 3 is 1.69 bits per heavy atom. The number of unbranched alkanes of at least 4 members (excludes halogenated alkanes) is 2. The normalized spacial score (nSPS) is 11.8. The van der Waals surface area contributed by atoms with E-state index in [-0.39, 0.29) is 0 Å². The lowest BCUT2D eigenvalue weighted by Crippen LogP contribution is -2.43. The molecule has 0 spiro atoms. The van der Waals surface area contributed by atoms with Crippen LogP contribution in [0.15, 0.2) is 11.8 Å². The number of rotatable bonds is 10. The highest BCUT2D eigenvalue weighted by Crippen LogP contribution is 2.22. The Hall–Kier alpha value is -0.123. The molecule has 0 amide bonds. The van der Waals surface area contributed by atoms with E-state index in [0.29, 0.717) is 0 Å². The van der Waals surface area contributed by atoms with Crippen molar-refractivity contribution in [2.24, 2.45) is 0 Å². The van der Waals surface area contributed by atoms with Crippen LogP contribution < -0.4 is 0 Å². The molecule has 0 rings (SSSR count). The zero-order chi connectivity index (χ0) is 12.4. The second kappa shape index (κ2) is 8.96. The number of allylic oxidation sites excluding steroid dienone is 1. The van der Waals surface area contributed by atoms with Gasteiger partial charge in [-0.1, -0.05) is 40.2 Å². The maximum atomic E-state index is 6.04. The van der Waals surface area contributed by atoms with Gasteiger partial charge in [0.25, 0.3) is 0 Å². The van der Waals surface area contributed by atoms with Gasteiger partial charge in [0.2, 0.25) is 0 Å². The molecule has 0 aromatic rings. The second-order valence-corrected chi connectivity index (χ2v) is 7.93. The molecule has 0 atom stereocenters. The highest BCUT2D eigenvalue weighted by molar-refractivity contribution is 6.74. The predicted octanol–water partition coefficient (Wildman–Crippen LogP) is 4.20. The summed E-state index contributed by atoms with van der Waals surface area (Å²) in [6.07, 6.45) is 4.55. The van der Waals surface area contributed by atoms with E-state index in [2.05, 4.69) is 27.4 Å². The van der Waals surface area contributed by atoms with E-state index in [1.165, 1.54) is 12.8 Å². The molecular weight excluding hydrogens is 216 g/mol. The molecule has 0 unspecified atom stereocenters. The molecule has 2 nitrogen and oxygen atoms in total. The van der Waals surface area contributed by atoms with Crippen LogP contribution in [0.3, 0.4) is 0 Å². The smallest absolute Gasteiger partial charge is 0.367 e. The Bertz CT molecular complexity index is 182. The highest BCUT2D eigenvalue weighted by Gasteiger charge is 2.36. The molecule has 0 bridgehead atoms. The van der Waals surface area contributed by atoms with Crippen LogP contribution in [-0.4, -0.2) is 21.8 Å². The standard InChI is InChI=1S/C13H28O2Si/c1-6-9-11-14-16(8-3,13(4)5)15-12-10-7-2/h4,6-12H2,1-3,5H3. The Morgan fingerprint density at radius 2 is 1.44 bits per heavy atom. The van der Waals surface area contributed by atoms with Crippen LogP contribution in [0.1, 0.15) is 53.4 Å². The van der Waals surface area contributed by atoms with Gasteiger partial charge in [-0.05, 0) is 31.0 Å². The molecule has 96 valence electrons. The van der Waals surface area contributed by atoms with E-state index in [0.717, 1.165) is 37.3 Å². The second-order valence-electron chi connectivity index (χ2n) is 4.29. The number of hydrogen-bond acceptors (Lipinski definition) is 2. The van der Waals surface area contributed by atoms with Gasteiger partial charge in [0, 0.05) is 13.2 Å². The zero-order valence-corrected chi connectivity index (χ0v) is 12.5. The van der Waals surface area contributed by atoms with Gasteiger partial charge < -0.3 is 8.85 Å². The van der Waals surface area contributed by atoms with Crippen LogP contribution in [0.4, 0.5) is 0 Å². The van der Waals surface area contributed by atoms with Crippen molar-refractivity contribution in [3.05, 3.63) is 11.8 Å². The monoisotopic (exact) mass is 244 g/mol. The zero-order valence-electron chi connectivity index (χ0n) is 11.5. The van der Waals surface area contributed by atoms with Crippen molar-refractivity contribution in [2.45, 2.75) is 59.4 Å². The van der Waals surface area contributed by atoms with Gasteiger partial charge in [-0.2, -0.15) is 0 Å². The molecular formula is C13H28O2Si. The van der Waals surface area contributed by atoms with Gasteiger partial charge in [-0.15, -0.1) is 0 Å². The lowest BCUT2D eigenvalue weighted by Gasteiger charge is -2.30. The van der Waals surface area contributed by atoms with Crippen molar-refractivity contribution in [3.8, 4) is 0 Å². The van der Waals surface area contributed by atoms with E-state index in [4.69, 9.17) is 8.85 Å². The predicted molar refractivity (Wildman–Crippen MR) is 72.8 cm³/mol. The van der Waals surface area contributed by atoms with E-state index in [1.807, 2.05) is 6.92 Å². The Kier molecular flexibility index (Phi) is 8.90. The van der Waals surface area contributed by atoms with Crippen LogP contribution in [-0.2, 0) is 8.85 Å². The lowest BCUT2D eigenvalue weighted by atomic mass is 10.4. The minimum Gasteiger partial charge on any atom is -0.391 e. The summed E-state index contributed by atoms with van der Waals surface area (Å²) in [5.41, 5.74) is 0. The molecule has 0 saturated heterocycles. The molecule has 0 radical (unpaired) electrons. The first-order chi connectivity index (χ1) is 7.63. The van der Waals surface area contributed by atoms with Crippen molar-refractivity contribution in [3.63, 3.8) is 0 Å². The Balaban J connectivity index is 4.27. The Morgan fingerprint density at radius 1 is 1.00 bits per heavy atom. The summed E-state index contributed by atoms with van der Waals surface area (Å²) in [5, 5.41) is 1.11. The fourth-order valence-electron chi connectivity index (χ4n) is 1.56. The minimum atomic E-state index is -2.12. The van der Waals surface area contributed by atoms with Crippen LogP contribution in [0.5, 0.6) is 0 Å². The van der Waals surface area contributed by atoms with Crippen molar-refractivity contribution >= 4 is 8.56 Å². The van der Waals surface area contributed by atoms with Gasteiger partial charge in [0.1, 0.15) is 0 Å². The van der Waals surface area contributed by atoms with Gasteiger partial charge in [-0.25, -0.2) is 0 Å². The van der Waals surface area contributed by atoms with Crippen LogP contribution in [0.25, 0.3) is 0 Å². The maximum Gasteiger partial charge on any atom is 0.367 e. The maximum absolute atomic E-state index is 6.04. The first-order valence-electron chi connectivity index (χ1n) is 6.56. The third-order valence-corrected chi connectivity index (χ3v) is 6.35. The van der Waals surface area contributed by atoms with Crippen LogP contribution in [0, 0.1) is 0 Å². The quantitative estimate of drug-likeness (QED) is 0.423. The summed E-state index contributed by atoms with van der Waals surface area (Å²) in [7, 11) is -2.12. The summed E-state index contributed by atoms with van der Waals surface area (Å²) in [6.45, 7) is 14.3. The summed E-state index contributed by atoms with van der Waals surface area (Å²) in [5.74, 6) is 0. The van der Waals surface area contributed by atoms with E-state index < -0.39 is 8.56 Å². The van der Waals surface area contributed by atoms with Gasteiger partial charge in [0.15, 0.2) is 0 Å². The summed E-state index contributed by atoms with van der Waals surface area (Å²) >= 11 is 0. The molecule has 0 saturated carbocycles. The fourth-order valence-corrected chi connectivity index (χ4v) is 4.09. The average Bonchev–Trinajstić information content (AvgIpc) is 2.27. The summed E-state index contributed by atoms with van der Waals surface area (Å²) in [6, 6.07) is 0.968. The molecule has 0 fully saturated rings. The molecule has 0 aliphatic carbocycles. The molecule has 16 heavy (non-hydrogen) atoms. The van der Waals surface area contributed by atoms with Crippen LogP contribution in [0.2, 0.25) is 6.04 Å². The molecule has 0 aliphatic heterocycles. The van der Waals surface area contributed by atoms with Gasteiger partial charge in [-0.3, -0.25) is 0 Å². The Labute approximate surface area is 102 Å². The third-order valence-electron chi connectivity index (χ3n) is 2.78. The molecule has 0 aliphatic rings. The van der Waals surface area contributed by atoms with Gasteiger partial charge in [0.05, 0.1) is 0 Å². The van der Waals surface area contributed by atoms with Crippen molar-refractivity contribution in [1.82, 2.24) is 0 Å². The summed E-state index contributed by atoms with van der Waals surface area (Å²) in [4.78, 5) is 0. The molecule has 0 N–H and O–H groups in total. The van der Waals surface area contributed by atoms with E-state index in [9.17, 15) is 0 Å². The van der Waals surface area contributed by atoms with Crippen LogP contribution >= 0.6 is 0 Å². The third kappa shape index (κ3) is 5.28. The first-order valence-corrected chi connectivity index (χ1v) is 8.59. The molecule has 3 heteroatoms. The summed E-state index contributed by atoms with van der Waals surface area (Å²) < 4.78 is 12.1. The van der Waals surface area contributed by atoms with Crippen molar-refractivity contribution < 1.29 is 8.85 Å². The SMILES string of the molecule is C=C(C)[Si](CC)(OCCCC)OCCCC. The first kappa shape index (κ1) is 15.9. The van der Waals surface area contributed by atoms with Crippen molar-refractivity contribution in [2.75, 3.05) is 13.2 Å². The van der Waals surface area contributed by atoms with Crippen molar-refractivity contribution in [1.29, 1.82) is 0 Å². The number of hydrogen-bond donors (Lipinski definition) is 0. The molecule has 0 aromatic carbocycles. The van der Waals surface area contributed by atoms with Gasteiger partial charge >= 0.3 is 8.56 Å². The minimum absolute atomic E-state index is 0.815. The largest absolute Gasteiger partial charge is 0.391 e. The lowest BCUT2D eigenvalue weighted by molar-refractivity contribution is 0.172.